The minimum absolute atomic E-state index is 0.110. The Hall–Kier alpha value is -1.79. The van der Waals surface area contributed by atoms with Crippen molar-refractivity contribution < 1.29 is 23.7 Å². The van der Waals surface area contributed by atoms with Crippen molar-refractivity contribution in [2.24, 2.45) is 0 Å². The van der Waals surface area contributed by atoms with E-state index in [9.17, 15) is 4.79 Å². The van der Waals surface area contributed by atoms with Crippen LogP contribution >= 0.6 is 0 Å². The van der Waals surface area contributed by atoms with Crippen molar-refractivity contribution in [2.45, 2.75) is 0 Å². The monoisotopic (exact) mass is 297 g/mol. The lowest BCUT2D eigenvalue weighted by molar-refractivity contribution is 0.0626. The van der Waals surface area contributed by atoms with Crippen molar-refractivity contribution in [3.8, 4) is 11.5 Å². The third-order valence-corrected chi connectivity index (χ3v) is 3.02. The number of hydrogen-bond acceptors (Lipinski definition) is 5. The molecule has 1 amide bonds. The number of benzene rings is 1. The van der Waals surface area contributed by atoms with Crippen LogP contribution in [0.1, 0.15) is 10.4 Å². The fraction of sp³-hybridized carbons (Fsp3) is 0.533. The molecule has 1 aromatic carbocycles. The first kappa shape index (κ1) is 17.3. The largest absolute Gasteiger partial charge is 0.497 e. The van der Waals surface area contributed by atoms with Gasteiger partial charge in [-0.15, -0.1) is 0 Å². The van der Waals surface area contributed by atoms with Crippen LogP contribution in [0.25, 0.3) is 0 Å². The molecule has 1 aromatic rings. The predicted octanol–water partition coefficient (Wildman–Crippen LogP) is 1.44. The van der Waals surface area contributed by atoms with Crippen LogP contribution in [-0.4, -0.2) is 65.5 Å². The summed E-state index contributed by atoms with van der Waals surface area (Å²) in [4.78, 5) is 14.3. The molecular weight excluding hydrogens is 274 g/mol. The SMILES string of the molecule is COCCN(CCOC)C(=O)c1cc(OC)cc(OC)c1. The molecule has 0 radical (unpaired) electrons. The van der Waals surface area contributed by atoms with Gasteiger partial charge in [0.15, 0.2) is 0 Å². The maximum atomic E-state index is 12.6. The topological polar surface area (TPSA) is 57.2 Å². The molecule has 0 spiro atoms. The normalized spacial score (nSPS) is 10.3. The second kappa shape index (κ2) is 9.20. The highest BCUT2D eigenvalue weighted by Gasteiger charge is 2.17. The van der Waals surface area contributed by atoms with Crippen molar-refractivity contribution >= 4 is 5.91 Å². The molecule has 0 bridgehead atoms. The van der Waals surface area contributed by atoms with Crippen LogP contribution < -0.4 is 9.47 Å². The second-order valence-electron chi connectivity index (χ2n) is 4.38. The number of nitrogens with zero attached hydrogens (tertiary/aromatic N) is 1. The molecule has 0 aliphatic heterocycles. The van der Waals surface area contributed by atoms with E-state index in [4.69, 9.17) is 18.9 Å². The predicted molar refractivity (Wildman–Crippen MR) is 79.2 cm³/mol. The molecule has 0 unspecified atom stereocenters. The van der Waals surface area contributed by atoms with E-state index in [1.54, 1.807) is 51.5 Å². The molecule has 0 saturated carbocycles. The number of hydrogen-bond donors (Lipinski definition) is 0. The Morgan fingerprint density at radius 1 is 0.905 bits per heavy atom. The Balaban J connectivity index is 2.95. The van der Waals surface area contributed by atoms with E-state index in [2.05, 4.69) is 0 Å². The highest BCUT2D eigenvalue weighted by Crippen LogP contribution is 2.23. The Labute approximate surface area is 125 Å². The van der Waals surface area contributed by atoms with Gasteiger partial charge in [0.2, 0.25) is 0 Å². The van der Waals surface area contributed by atoms with Gasteiger partial charge in [0.05, 0.1) is 27.4 Å². The lowest BCUT2D eigenvalue weighted by Gasteiger charge is -2.22. The van der Waals surface area contributed by atoms with Crippen LogP contribution in [0, 0.1) is 0 Å². The maximum Gasteiger partial charge on any atom is 0.254 e. The Kier molecular flexibility index (Phi) is 7.56. The fourth-order valence-corrected chi connectivity index (χ4v) is 1.83. The van der Waals surface area contributed by atoms with E-state index in [0.717, 1.165) is 0 Å². The number of rotatable bonds is 9. The first-order valence-electron chi connectivity index (χ1n) is 6.66. The summed E-state index contributed by atoms with van der Waals surface area (Å²) in [7, 11) is 6.31. The Morgan fingerprint density at radius 3 is 1.76 bits per heavy atom. The second-order valence-corrected chi connectivity index (χ2v) is 4.38. The van der Waals surface area contributed by atoms with Gasteiger partial charge in [0, 0.05) is 38.9 Å². The third kappa shape index (κ3) is 5.24. The van der Waals surface area contributed by atoms with E-state index < -0.39 is 0 Å². The Morgan fingerprint density at radius 2 is 1.38 bits per heavy atom. The van der Waals surface area contributed by atoms with Crippen LogP contribution in [-0.2, 0) is 9.47 Å². The molecule has 0 saturated heterocycles. The molecule has 21 heavy (non-hydrogen) atoms. The fourth-order valence-electron chi connectivity index (χ4n) is 1.83. The van der Waals surface area contributed by atoms with Gasteiger partial charge in [0.1, 0.15) is 11.5 Å². The molecule has 1 rings (SSSR count). The zero-order valence-electron chi connectivity index (χ0n) is 13.0. The van der Waals surface area contributed by atoms with Gasteiger partial charge in [-0.25, -0.2) is 0 Å². The van der Waals surface area contributed by atoms with Crippen molar-refractivity contribution in [3.63, 3.8) is 0 Å². The van der Waals surface area contributed by atoms with Gasteiger partial charge in [0.25, 0.3) is 5.91 Å². The lowest BCUT2D eigenvalue weighted by atomic mass is 10.1. The average molecular weight is 297 g/mol. The van der Waals surface area contributed by atoms with E-state index in [-0.39, 0.29) is 5.91 Å². The summed E-state index contributed by atoms with van der Waals surface area (Å²) < 4.78 is 20.5. The van der Waals surface area contributed by atoms with Crippen LogP contribution in [0.5, 0.6) is 11.5 Å². The van der Waals surface area contributed by atoms with Crippen molar-refractivity contribution in [1.29, 1.82) is 0 Å². The summed E-state index contributed by atoms with van der Waals surface area (Å²) >= 11 is 0. The van der Waals surface area contributed by atoms with E-state index in [1.165, 1.54) is 0 Å². The van der Waals surface area contributed by atoms with Crippen molar-refractivity contribution in [2.75, 3.05) is 54.7 Å². The molecule has 0 atom stereocenters. The van der Waals surface area contributed by atoms with E-state index >= 15 is 0 Å². The number of carbonyl (C=O) groups is 1. The third-order valence-electron chi connectivity index (χ3n) is 3.02. The van der Waals surface area contributed by atoms with Gasteiger partial charge >= 0.3 is 0 Å². The molecule has 6 heteroatoms. The minimum Gasteiger partial charge on any atom is -0.497 e. The zero-order chi connectivity index (χ0) is 15.7. The number of ether oxygens (including phenoxy) is 4. The minimum atomic E-state index is -0.110. The average Bonchev–Trinajstić information content (AvgIpc) is 2.53. The quantitative estimate of drug-likeness (QED) is 0.690. The molecule has 0 aliphatic carbocycles. The molecule has 0 heterocycles. The van der Waals surface area contributed by atoms with Crippen LogP contribution in [0.2, 0.25) is 0 Å². The molecule has 0 N–H and O–H groups in total. The number of methoxy groups -OCH3 is 4. The first-order valence-corrected chi connectivity index (χ1v) is 6.66. The highest BCUT2D eigenvalue weighted by atomic mass is 16.5. The standard InChI is InChI=1S/C15H23NO5/c1-18-7-5-16(6-8-19-2)15(17)12-9-13(20-3)11-14(10-12)21-4/h9-11H,5-8H2,1-4H3. The molecular formula is C15H23NO5. The summed E-state index contributed by atoms with van der Waals surface area (Å²) in [5.74, 6) is 1.05. The molecule has 0 aliphatic rings. The summed E-state index contributed by atoms with van der Waals surface area (Å²) in [6, 6.07) is 5.11. The summed E-state index contributed by atoms with van der Waals surface area (Å²) in [6.45, 7) is 1.93. The van der Waals surface area contributed by atoms with E-state index in [1.807, 2.05) is 0 Å². The molecule has 6 nitrogen and oxygen atoms in total. The molecule has 0 fully saturated rings. The van der Waals surface area contributed by atoms with Gasteiger partial charge in [-0.2, -0.15) is 0 Å². The first-order chi connectivity index (χ1) is 10.2. The summed E-state index contributed by atoms with van der Waals surface area (Å²) in [5, 5.41) is 0. The van der Waals surface area contributed by atoms with Gasteiger partial charge in [-0.3, -0.25) is 4.79 Å². The van der Waals surface area contributed by atoms with E-state index in [0.29, 0.717) is 43.4 Å². The van der Waals surface area contributed by atoms with Crippen molar-refractivity contribution in [1.82, 2.24) is 4.90 Å². The van der Waals surface area contributed by atoms with Gasteiger partial charge < -0.3 is 23.8 Å². The van der Waals surface area contributed by atoms with Gasteiger partial charge in [-0.1, -0.05) is 0 Å². The van der Waals surface area contributed by atoms with Crippen LogP contribution in [0.4, 0.5) is 0 Å². The van der Waals surface area contributed by atoms with Crippen LogP contribution in [0.3, 0.4) is 0 Å². The lowest BCUT2D eigenvalue weighted by Crippen LogP contribution is -2.36. The molecule has 118 valence electrons. The molecule has 0 aromatic heterocycles. The number of amides is 1. The highest BCUT2D eigenvalue weighted by molar-refractivity contribution is 5.95. The summed E-state index contributed by atoms with van der Waals surface area (Å²) in [5.41, 5.74) is 0.512. The van der Waals surface area contributed by atoms with Gasteiger partial charge in [-0.05, 0) is 12.1 Å². The maximum absolute atomic E-state index is 12.6. The number of carbonyl (C=O) groups excluding carboxylic acids is 1. The van der Waals surface area contributed by atoms with Crippen molar-refractivity contribution in [3.05, 3.63) is 23.8 Å². The van der Waals surface area contributed by atoms with Crippen LogP contribution in [0.15, 0.2) is 18.2 Å². The zero-order valence-corrected chi connectivity index (χ0v) is 13.0. The smallest absolute Gasteiger partial charge is 0.254 e. The Bertz CT molecular complexity index is 419. The summed E-state index contributed by atoms with van der Waals surface area (Å²) in [6.07, 6.45) is 0.